The minimum absolute atomic E-state index is 0.0757. The molecule has 0 saturated heterocycles. The third kappa shape index (κ3) is 2.51. The van der Waals surface area contributed by atoms with E-state index in [1.54, 1.807) is 19.3 Å². The van der Waals surface area contributed by atoms with E-state index < -0.39 is 4.92 Å². The quantitative estimate of drug-likeness (QED) is 0.440. The van der Waals surface area contributed by atoms with Crippen molar-refractivity contribution >= 4 is 17.4 Å². The largest absolute Gasteiger partial charge is 0.469 e. The molecule has 3 heterocycles. The molecule has 0 aromatic carbocycles. The van der Waals surface area contributed by atoms with Crippen molar-refractivity contribution in [3.05, 3.63) is 46.5 Å². The summed E-state index contributed by atoms with van der Waals surface area (Å²) >= 11 is 1.16. The lowest BCUT2D eigenvalue weighted by atomic mass is 10.2. The summed E-state index contributed by atoms with van der Waals surface area (Å²) in [6, 6.07) is 4.65. The van der Waals surface area contributed by atoms with Crippen molar-refractivity contribution in [1.82, 2.24) is 19.9 Å². The van der Waals surface area contributed by atoms with Gasteiger partial charge >= 0.3 is 0 Å². The van der Waals surface area contributed by atoms with Crippen molar-refractivity contribution in [1.29, 1.82) is 0 Å². The van der Waals surface area contributed by atoms with Gasteiger partial charge in [-0.25, -0.2) is 9.66 Å². The molecule has 10 heteroatoms. The number of pyridine rings is 1. The molecule has 0 atom stereocenters. The molecule has 0 bridgehead atoms. The number of nitro groups is 1. The Kier molecular flexibility index (Phi) is 3.51. The van der Waals surface area contributed by atoms with E-state index in [9.17, 15) is 10.1 Å². The van der Waals surface area contributed by atoms with E-state index in [1.807, 2.05) is 0 Å². The summed E-state index contributed by atoms with van der Waals surface area (Å²) in [5, 5.41) is 19.6. The van der Waals surface area contributed by atoms with Gasteiger partial charge in [0.2, 0.25) is 5.16 Å². The van der Waals surface area contributed by atoms with Crippen molar-refractivity contribution in [2.24, 2.45) is 0 Å². The molecule has 0 spiro atoms. The highest BCUT2D eigenvalue weighted by atomic mass is 32.2. The molecule has 3 aromatic heterocycles. The molecule has 9 nitrogen and oxygen atoms in total. The van der Waals surface area contributed by atoms with Crippen molar-refractivity contribution in [3.63, 3.8) is 0 Å². The summed E-state index contributed by atoms with van der Waals surface area (Å²) in [4.78, 5) is 14.1. The zero-order chi connectivity index (χ0) is 15.7. The van der Waals surface area contributed by atoms with Gasteiger partial charge in [0.15, 0.2) is 5.82 Å². The van der Waals surface area contributed by atoms with Crippen LogP contribution >= 0.6 is 11.8 Å². The molecule has 0 radical (unpaired) electrons. The van der Waals surface area contributed by atoms with Gasteiger partial charge in [0.1, 0.15) is 17.0 Å². The van der Waals surface area contributed by atoms with E-state index in [2.05, 4.69) is 15.2 Å². The number of hydrogen-bond donors (Lipinski definition) is 1. The van der Waals surface area contributed by atoms with Crippen LogP contribution in [0.25, 0.3) is 11.4 Å². The monoisotopic (exact) mass is 318 g/mol. The Labute approximate surface area is 128 Å². The van der Waals surface area contributed by atoms with Crippen LogP contribution in [0.15, 0.2) is 45.3 Å². The fraction of sp³-hybridized carbons (Fsp3) is 0.0833. The van der Waals surface area contributed by atoms with Crippen LogP contribution in [0.2, 0.25) is 0 Å². The molecule has 0 fully saturated rings. The molecule has 0 aliphatic carbocycles. The maximum Gasteiger partial charge on any atom is 0.287 e. The Balaban J connectivity index is 1.86. The molecule has 2 N–H and O–H groups in total. The summed E-state index contributed by atoms with van der Waals surface area (Å²) in [7, 11) is 0. The number of nitrogen functional groups attached to an aromatic ring is 1. The van der Waals surface area contributed by atoms with Gasteiger partial charge in [-0.1, -0.05) is 0 Å². The second-order valence-electron chi connectivity index (χ2n) is 4.28. The van der Waals surface area contributed by atoms with Gasteiger partial charge in [-0.2, -0.15) is 0 Å². The van der Waals surface area contributed by atoms with E-state index in [4.69, 9.17) is 10.3 Å². The average molecular weight is 318 g/mol. The predicted octanol–water partition coefficient (Wildman–Crippen LogP) is 2.01. The van der Waals surface area contributed by atoms with Gasteiger partial charge in [-0.15, -0.1) is 10.2 Å². The molecule has 0 saturated carbocycles. The van der Waals surface area contributed by atoms with Crippen LogP contribution in [0.1, 0.15) is 5.76 Å². The molecule has 3 aromatic rings. The second-order valence-corrected chi connectivity index (χ2v) is 5.27. The molecule has 0 aliphatic rings. The number of nitrogens with two attached hydrogens (primary N) is 1. The fourth-order valence-corrected chi connectivity index (χ4v) is 2.48. The number of nitrogens with zero attached hydrogens (tertiary/aromatic N) is 5. The first-order valence-corrected chi connectivity index (χ1v) is 6.91. The standard InChI is InChI=1S/C12H10N6O3S/c1-7-9(4-5-21-7)11-15-16-12(17(11)13)22-10-3-2-8(6-14-10)18(19)20/h2-6H,13H2,1H3. The van der Waals surface area contributed by atoms with Crippen molar-refractivity contribution < 1.29 is 9.34 Å². The molecule has 0 amide bonds. The van der Waals surface area contributed by atoms with Crippen LogP contribution in [0.5, 0.6) is 0 Å². The maximum absolute atomic E-state index is 10.6. The molecular formula is C12H10N6O3S. The van der Waals surface area contributed by atoms with E-state index in [0.717, 1.165) is 17.3 Å². The minimum atomic E-state index is -0.507. The fourth-order valence-electron chi connectivity index (χ4n) is 1.78. The van der Waals surface area contributed by atoms with Crippen molar-refractivity contribution in [2.45, 2.75) is 17.1 Å². The van der Waals surface area contributed by atoms with E-state index in [1.165, 1.54) is 23.0 Å². The van der Waals surface area contributed by atoms with Crippen molar-refractivity contribution in [2.75, 3.05) is 5.84 Å². The van der Waals surface area contributed by atoms with Gasteiger partial charge in [-0.05, 0) is 30.8 Å². The Morgan fingerprint density at radius 1 is 1.36 bits per heavy atom. The van der Waals surface area contributed by atoms with Gasteiger partial charge in [-0.3, -0.25) is 10.1 Å². The van der Waals surface area contributed by atoms with Crippen LogP contribution in [-0.4, -0.2) is 24.8 Å². The van der Waals surface area contributed by atoms with E-state index >= 15 is 0 Å². The molecule has 22 heavy (non-hydrogen) atoms. The average Bonchev–Trinajstić information content (AvgIpc) is 3.06. The lowest BCUT2D eigenvalue weighted by molar-refractivity contribution is -0.385. The first-order valence-electron chi connectivity index (χ1n) is 6.09. The number of aromatic nitrogens is 4. The number of furan rings is 1. The number of rotatable bonds is 4. The molecule has 0 aliphatic heterocycles. The molecule has 3 rings (SSSR count). The summed E-state index contributed by atoms with van der Waals surface area (Å²) in [5.41, 5.74) is 0.673. The number of hydrogen-bond acceptors (Lipinski definition) is 8. The van der Waals surface area contributed by atoms with Gasteiger partial charge in [0.25, 0.3) is 5.69 Å². The van der Waals surface area contributed by atoms with Gasteiger partial charge in [0, 0.05) is 6.07 Å². The highest BCUT2D eigenvalue weighted by molar-refractivity contribution is 7.99. The van der Waals surface area contributed by atoms with Crippen LogP contribution in [0.4, 0.5) is 5.69 Å². The molecule has 0 unspecified atom stereocenters. The summed E-state index contributed by atoms with van der Waals surface area (Å²) in [6.45, 7) is 1.80. The minimum Gasteiger partial charge on any atom is -0.469 e. The highest BCUT2D eigenvalue weighted by Crippen LogP contribution is 2.28. The second kappa shape index (κ2) is 5.48. The first-order chi connectivity index (χ1) is 10.6. The molecular weight excluding hydrogens is 308 g/mol. The van der Waals surface area contributed by atoms with Crippen LogP contribution in [-0.2, 0) is 0 Å². The zero-order valence-electron chi connectivity index (χ0n) is 11.3. The SMILES string of the molecule is Cc1occc1-c1nnc(Sc2ccc([N+](=O)[O-])cn2)n1N. The molecule has 112 valence electrons. The van der Waals surface area contributed by atoms with Gasteiger partial charge in [0.05, 0.1) is 16.7 Å². The Morgan fingerprint density at radius 3 is 2.77 bits per heavy atom. The lowest BCUT2D eigenvalue weighted by Gasteiger charge is -2.02. The summed E-state index contributed by atoms with van der Waals surface area (Å²) < 4.78 is 6.54. The van der Waals surface area contributed by atoms with Crippen molar-refractivity contribution in [3.8, 4) is 11.4 Å². The van der Waals surface area contributed by atoms with Crippen LogP contribution in [0.3, 0.4) is 0 Å². The topological polar surface area (TPSA) is 126 Å². The summed E-state index contributed by atoms with van der Waals surface area (Å²) in [5.74, 6) is 7.14. The predicted molar refractivity (Wildman–Crippen MR) is 77.6 cm³/mol. The zero-order valence-corrected chi connectivity index (χ0v) is 12.1. The first kappa shape index (κ1) is 14.1. The normalized spacial score (nSPS) is 10.8. The smallest absolute Gasteiger partial charge is 0.287 e. The highest BCUT2D eigenvalue weighted by Gasteiger charge is 2.17. The van der Waals surface area contributed by atoms with Gasteiger partial charge < -0.3 is 10.3 Å². The van der Waals surface area contributed by atoms with E-state index in [0.29, 0.717) is 21.8 Å². The Morgan fingerprint density at radius 2 is 2.18 bits per heavy atom. The van der Waals surface area contributed by atoms with Crippen LogP contribution < -0.4 is 5.84 Å². The Hall–Kier alpha value is -2.88. The van der Waals surface area contributed by atoms with E-state index in [-0.39, 0.29) is 5.69 Å². The third-order valence-electron chi connectivity index (χ3n) is 2.89. The Bertz CT molecular complexity index is 826. The lowest BCUT2D eigenvalue weighted by Crippen LogP contribution is -2.11. The summed E-state index contributed by atoms with van der Waals surface area (Å²) in [6.07, 6.45) is 2.73. The third-order valence-corrected chi connectivity index (χ3v) is 3.80. The number of aryl methyl sites for hydroxylation is 1. The maximum atomic E-state index is 10.6. The van der Waals surface area contributed by atoms with Crippen LogP contribution in [0, 0.1) is 17.0 Å².